The van der Waals surface area contributed by atoms with Crippen LogP contribution in [0.4, 0.5) is 11.5 Å². The molecule has 2 aromatic heterocycles. The SMILES string of the molecule is COc1ccc(Nc2n[nH]c(-c3cccs3)c2C#N)cc1. The van der Waals surface area contributed by atoms with Gasteiger partial charge in [0, 0.05) is 5.69 Å². The Morgan fingerprint density at radius 1 is 1.29 bits per heavy atom. The quantitative estimate of drug-likeness (QED) is 0.768. The maximum atomic E-state index is 9.38. The highest BCUT2D eigenvalue weighted by Crippen LogP contribution is 2.31. The Kier molecular flexibility index (Phi) is 3.58. The molecule has 6 heteroatoms. The summed E-state index contributed by atoms with van der Waals surface area (Å²) in [6, 6.07) is 13.5. The van der Waals surface area contributed by atoms with Crippen LogP contribution in [0.15, 0.2) is 41.8 Å². The molecule has 0 saturated carbocycles. The zero-order valence-electron chi connectivity index (χ0n) is 11.3. The minimum atomic E-state index is 0.508. The van der Waals surface area contributed by atoms with Crippen LogP contribution in [0.5, 0.6) is 5.75 Å². The molecule has 0 aliphatic heterocycles. The highest BCUT2D eigenvalue weighted by molar-refractivity contribution is 7.13. The van der Waals surface area contributed by atoms with Gasteiger partial charge in [-0.15, -0.1) is 11.3 Å². The highest BCUT2D eigenvalue weighted by Gasteiger charge is 2.15. The maximum Gasteiger partial charge on any atom is 0.170 e. The number of ether oxygens (including phenoxy) is 1. The number of anilines is 2. The number of H-pyrrole nitrogens is 1. The van der Waals surface area contributed by atoms with Crippen molar-refractivity contribution < 1.29 is 4.74 Å². The van der Waals surface area contributed by atoms with E-state index in [-0.39, 0.29) is 0 Å². The molecule has 2 N–H and O–H groups in total. The van der Waals surface area contributed by atoms with Gasteiger partial charge in [-0.25, -0.2) is 0 Å². The Morgan fingerprint density at radius 3 is 2.71 bits per heavy atom. The lowest BCUT2D eigenvalue weighted by Crippen LogP contribution is -1.93. The van der Waals surface area contributed by atoms with Crippen LogP contribution in [0, 0.1) is 11.3 Å². The molecule has 0 fully saturated rings. The van der Waals surface area contributed by atoms with Gasteiger partial charge in [0.1, 0.15) is 17.4 Å². The third-order valence-electron chi connectivity index (χ3n) is 3.00. The number of hydrogen-bond donors (Lipinski definition) is 2. The molecule has 0 atom stereocenters. The first-order chi connectivity index (χ1) is 10.3. The number of nitriles is 1. The predicted molar refractivity (Wildman–Crippen MR) is 82.9 cm³/mol. The lowest BCUT2D eigenvalue weighted by Gasteiger charge is -2.04. The van der Waals surface area contributed by atoms with Crippen LogP contribution >= 0.6 is 11.3 Å². The fraction of sp³-hybridized carbons (Fsp3) is 0.0667. The van der Waals surface area contributed by atoms with E-state index in [9.17, 15) is 5.26 Å². The molecule has 104 valence electrons. The Hall–Kier alpha value is -2.78. The molecular weight excluding hydrogens is 284 g/mol. The molecule has 3 aromatic rings. The zero-order chi connectivity index (χ0) is 14.7. The molecule has 0 unspecified atom stereocenters. The fourth-order valence-electron chi connectivity index (χ4n) is 1.95. The summed E-state index contributed by atoms with van der Waals surface area (Å²) in [4.78, 5) is 0.988. The van der Waals surface area contributed by atoms with Crippen molar-refractivity contribution >= 4 is 22.8 Å². The summed E-state index contributed by atoms with van der Waals surface area (Å²) in [6.45, 7) is 0. The molecule has 0 amide bonds. The zero-order valence-corrected chi connectivity index (χ0v) is 12.1. The normalized spacial score (nSPS) is 10.1. The van der Waals surface area contributed by atoms with Gasteiger partial charge in [-0.2, -0.15) is 10.4 Å². The molecule has 5 nitrogen and oxygen atoms in total. The second-order valence-corrected chi connectivity index (χ2v) is 5.21. The molecule has 0 aliphatic carbocycles. The Bertz CT molecular complexity index is 769. The van der Waals surface area contributed by atoms with E-state index in [1.807, 2.05) is 41.8 Å². The van der Waals surface area contributed by atoms with Crippen LogP contribution in [0.1, 0.15) is 5.56 Å². The van der Waals surface area contributed by atoms with Gasteiger partial charge in [-0.05, 0) is 35.7 Å². The van der Waals surface area contributed by atoms with Crippen molar-refractivity contribution in [2.24, 2.45) is 0 Å². The Labute approximate surface area is 125 Å². The van der Waals surface area contributed by atoms with Gasteiger partial charge in [-0.3, -0.25) is 5.10 Å². The third kappa shape index (κ3) is 2.59. The van der Waals surface area contributed by atoms with Crippen molar-refractivity contribution in [2.75, 3.05) is 12.4 Å². The first-order valence-corrected chi connectivity index (χ1v) is 7.13. The average molecular weight is 296 g/mol. The van der Waals surface area contributed by atoms with Gasteiger partial charge in [0.15, 0.2) is 5.82 Å². The smallest absolute Gasteiger partial charge is 0.170 e. The van der Waals surface area contributed by atoms with E-state index in [0.717, 1.165) is 22.0 Å². The highest BCUT2D eigenvalue weighted by atomic mass is 32.1. The predicted octanol–water partition coefficient (Wildman–Crippen LogP) is 3.76. The van der Waals surface area contributed by atoms with Gasteiger partial charge in [0.25, 0.3) is 0 Å². The molecule has 21 heavy (non-hydrogen) atoms. The molecule has 0 saturated heterocycles. The number of aromatic amines is 1. The monoisotopic (exact) mass is 296 g/mol. The maximum absolute atomic E-state index is 9.38. The summed E-state index contributed by atoms with van der Waals surface area (Å²) < 4.78 is 5.12. The van der Waals surface area contributed by atoms with Crippen LogP contribution in [0.2, 0.25) is 0 Å². The van der Waals surface area contributed by atoms with Crippen molar-refractivity contribution in [3.63, 3.8) is 0 Å². The number of rotatable bonds is 4. The first kappa shape index (κ1) is 13.2. The number of thiophene rings is 1. The van der Waals surface area contributed by atoms with Crippen LogP contribution in [0.25, 0.3) is 10.6 Å². The van der Waals surface area contributed by atoms with Crippen molar-refractivity contribution in [2.45, 2.75) is 0 Å². The van der Waals surface area contributed by atoms with Crippen molar-refractivity contribution in [1.29, 1.82) is 5.26 Å². The molecule has 0 aliphatic rings. The van der Waals surface area contributed by atoms with Crippen LogP contribution in [0.3, 0.4) is 0 Å². The molecule has 0 bridgehead atoms. The molecule has 1 aromatic carbocycles. The second kappa shape index (κ2) is 5.69. The summed E-state index contributed by atoms with van der Waals surface area (Å²) in [6.07, 6.45) is 0. The van der Waals surface area contributed by atoms with Crippen molar-refractivity contribution in [3.05, 3.63) is 47.3 Å². The van der Waals surface area contributed by atoms with E-state index in [2.05, 4.69) is 21.6 Å². The fourth-order valence-corrected chi connectivity index (χ4v) is 2.68. The summed E-state index contributed by atoms with van der Waals surface area (Å²) in [7, 11) is 1.62. The molecular formula is C15H12N4OS. The molecule has 2 heterocycles. The van der Waals surface area contributed by atoms with Gasteiger partial charge >= 0.3 is 0 Å². The van der Waals surface area contributed by atoms with E-state index in [0.29, 0.717) is 11.4 Å². The standard InChI is InChI=1S/C15H12N4OS/c1-20-11-6-4-10(5-7-11)17-15-12(9-16)14(18-19-15)13-3-2-8-21-13/h2-8H,1H3,(H2,17,18,19). The van der Waals surface area contributed by atoms with E-state index in [1.54, 1.807) is 18.4 Å². The van der Waals surface area contributed by atoms with Gasteiger partial charge < -0.3 is 10.1 Å². The van der Waals surface area contributed by atoms with Crippen LogP contribution in [-0.2, 0) is 0 Å². The average Bonchev–Trinajstić information content (AvgIpc) is 3.16. The number of hydrogen-bond acceptors (Lipinski definition) is 5. The number of aromatic nitrogens is 2. The van der Waals surface area contributed by atoms with Crippen LogP contribution in [-0.4, -0.2) is 17.3 Å². The Morgan fingerprint density at radius 2 is 2.10 bits per heavy atom. The van der Waals surface area contributed by atoms with Crippen molar-refractivity contribution in [3.8, 4) is 22.4 Å². The number of nitrogens with zero attached hydrogens (tertiary/aromatic N) is 2. The van der Waals surface area contributed by atoms with E-state index >= 15 is 0 Å². The second-order valence-electron chi connectivity index (χ2n) is 4.26. The summed E-state index contributed by atoms with van der Waals surface area (Å²) in [5.74, 6) is 1.30. The topological polar surface area (TPSA) is 73.7 Å². The largest absolute Gasteiger partial charge is 0.497 e. The number of methoxy groups -OCH3 is 1. The minimum Gasteiger partial charge on any atom is -0.497 e. The summed E-state index contributed by atoms with van der Waals surface area (Å²) in [5, 5.41) is 21.6. The molecule has 3 rings (SSSR count). The number of benzene rings is 1. The minimum absolute atomic E-state index is 0.508. The van der Waals surface area contributed by atoms with E-state index in [1.165, 1.54) is 0 Å². The van der Waals surface area contributed by atoms with Crippen LogP contribution < -0.4 is 10.1 Å². The van der Waals surface area contributed by atoms with E-state index in [4.69, 9.17) is 4.74 Å². The summed E-state index contributed by atoms with van der Waals surface area (Å²) >= 11 is 1.56. The lowest BCUT2D eigenvalue weighted by atomic mass is 10.2. The van der Waals surface area contributed by atoms with E-state index < -0.39 is 0 Å². The third-order valence-corrected chi connectivity index (χ3v) is 3.89. The van der Waals surface area contributed by atoms with Crippen molar-refractivity contribution in [1.82, 2.24) is 10.2 Å². The van der Waals surface area contributed by atoms with Gasteiger partial charge in [0.2, 0.25) is 0 Å². The molecule has 0 spiro atoms. The number of nitrogens with one attached hydrogen (secondary N) is 2. The summed E-state index contributed by atoms with van der Waals surface area (Å²) in [5.41, 5.74) is 2.09. The Balaban J connectivity index is 1.91. The first-order valence-electron chi connectivity index (χ1n) is 6.25. The van der Waals surface area contributed by atoms with Gasteiger partial charge in [-0.1, -0.05) is 6.07 Å². The molecule has 0 radical (unpaired) electrons. The lowest BCUT2D eigenvalue weighted by molar-refractivity contribution is 0.415. The van der Waals surface area contributed by atoms with Gasteiger partial charge in [0.05, 0.1) is 17.7 Å².